The Hall–Kier alpha value is -2.01. The zero-order valence-corrected chi connectivity index (χ0v) is 22.1. The van der Waals surface area contributed by atoms with Crippen LogP contribution in [0, 0.1) is 0 Å². The maximum atomic E-state index is 12.9. The summed E-state index contributed by atoms with van der Waals surface area (Å²) in [6.45, 7) is 6.84. The normalized spacial score (nSPS) is 12.8. The molecule has 1 N–H and O–H groups in total. The predicted molar refractivity (Wildman–Crippen MR) is 138 cm³/mol. The van der Waals surface area contributed by atoms with Crippen LogP contribution < -0.4 is 4.72 Å². The fourth-order valence-electron chi connectivity index (χ4n) is 3.51. The highest BCUT2D eigenvalue weighted by Gasteiger charge is 2.26. The van der Waals surface area contributed by atoms with Gasteiger partial charge in [-0.2, -0.15) is 4.98 Å². The van der Waals surface area contributed by atoms with Crippen LogP contribution in [0.1, 0.15) is 37.8 Å². The van der Waals surface area contributed by atoms with Crippen LogP contribution in [-0.2, 0) is 21.4 Å². The molecular weight excluding hydrogens is 511 g/mol. The first-order chi connectivity index (χ1) is 16.8. The fraction of sp³-hybridized carbons (Fsp3) is 0.417. The van der Waals surface area contributed by atoms with Gasteiger partial charge in [-0.1, -0.05) is 78.6 Å². The van der Waals surface area contributed by atoms with Gasteiger partial charge in [0.1, 0.15) is 6.04 Å². The lowest BCUT2D eigenvalue weighted by molar-refractivity contribution is 0.0954. The summed E-state index contributed by atoms with van der Waals surface area (Å²) in [6, 6.07) is 13.8. The molecule has 1 aromatic heterocycles. The van der Waals surface area contributed by atoms with Crippen LogP contribution in [0.25, 0.3) is 11.4 Å². The number of rotatable bonds is 14. The van der Waals surface area contributed by atoms with Crippen molar-refractivity contribution in [3.63, 3.8) is 0 Å². The lowest BCUT2D eigenvalue weighted by Crippen LogP contribution is -2.35. The molecule has 0 bridgehead atoms. The second-order valence-corrected chi connectivity index (χ2v) is 10.6. The monoisotopic (exact) mass is 540 g/mol. The van der Waals surface area contributed by atoms with Gasteiger partial charge in [0, 0.05) is 0 Å². The molecule has 3 aromatic rings. The van der Waals surface area contributed by atoms with Gasteiger partial charge in [-0.15, -0.1) is 0 Å². The summed E-state index contributed by atoms with van der Waals surface area (Å²) < 4.78 is 39.6. The van der Waals surface area contributed by atoms with Gasteiger partial charge in [-0.25, -0.2) is 13.1 Å². The first-order valence-corrected chi connectivity index (χ1v) is 13.9. The Kier molecular flexibility index (Phi) is 10.5. The van der Waals surface area contributed by atoms with Crippen LogP contribution in [0.15, 0.2) is 53.1 Å². The molecule has 11 heteroatoms. The fourth-order valence-corrected chi connectivity index (χ4v) is 5.30. The van der Waals surface area contributed by atoms with E-state index in [0.717, 1.165) is 18.7 Å². The molecule has 0 amide bonds. The molecule has 0 radical (unpaired) electrons. The van der Waals surface area contributed by atoms with Crippen molar-refractivity contribution in [2.75, 3.05) is 32.0 Å². The highest BCUT2D eigenvalue weighted by molar-refractivity contribution is 7.89. The first-order valence-electron chi connectivity index (χ1n) is 11.4. The summed E-state index contributed by atoms with van der Waals surface area (Å²) in [5.41, 5.74) is 1.37. The highest BCUT2D eigenvalue weighted by Crippen LogP contribution is 2.33. The second kappa shape index (κ2) is 13.3. The Morgan fingerprint density at radius 2 is 1.74 bits per heavy atom. The third-order valence-electron chi connectivity index (χ3n) is 5.43. The third-order valence-corrected chi connectivity index (χ3v) is 7.53. The highest BCUT2D eigenvalue weighted by atomic mass is 35.5. The molecule has 8 nitrogen and oxygen atoms in total. The van der Waals surface area contributed by atoms with Crippen molar-refractivity contribution in [2.24, 2.45) is 0 Å². The molecule has 0 saturated carbocycles. The molecule has 1 atom stereocenters. The Balaban J connectivity index is 1.75. The number of sulfonamides is 1. The summed E-state index contributed by atoms with van der Waals surface area (Å²) >= 11 is 12.5. The molecule has 0 aliphatic rings. The summed E-state index contributed by atoms with van der Waals surface area (Å²) in [7, 11) is -3.64. The average molecular weight is 542 g/mol. The average Bonchev–Trinajstić information content (AvgIpc) is 3.31. The van der Waals surface area contributed by atoms with E-state index < -0.39 is 16.1 Å². The van der Waals surface area contributed by atoms with E-state index in [2.05, 4.69) is 33.6 Å². The number of halogens is 2. The Morgan fingerprint density at radius 3 is 2.40 bits per heavy atom. The Bertz CT molecular complexity index is 1150. The van der Waals surface area contributed by atoms with Crippen molar-refractivity contribution in [1.82, 2.24) is 19.8 Å². The van der Waals surface area contributed by atoms with Crippen molar-refractivity contribution >= 4 is 33.2 Å². The van der Waals surface area contributed by atoms with Crippen molar-refractivity contribution in [1.29, 1.82) is 0 Å². The van der Waals surface area contributed by atoms with Gasteiger partial charge in [0.05, 0.1) is 34.6 Å². The molecule has 0 fully saturated rings. The van der Waals surface area contributed by atoms with E-state index in [9.17, 15) is 8.42 Å². The van der Waals surface area contributed by atoms with Gasteiger partial charge in [-0.05, 0) is 43.8 Å². The van der Waals surface area contributed by atoms with E-state index in [1.54, 1.807) is 18.2 Å². The van der Waals surface area contributed by atoms with Gasteiger partial charge < -0.3 is 14.2 Å². The zero-order chi connectivity index (χ0) is 25.3. The number of nitrogens with zero attached hydrogens (tertiary/aromatic N) is 3. The summed E-state index contributed by atoms with van der Waals surface area (Å²) in [4.78, 5) is 6.56. The van der Waals surface area contributed by atoms with E-state index in [1.807, 2.05) is 30.3 Å². The van der Waals surface area contributed by atoms with Crippen LogP contribution in [0.5, 0.6) is 0 Å². The van der Waals surface area contributed by atoms with Gasteiger partial charge in [-0.3, -0.25) is 0 Å². The van der Waals surface area contributed by atoms with Crippen molar-refractivity contribution in [2.45, 2.75) is 32.9 Å². The lowest BCUT2D eigenvalue weighted by atomic mass is 10.2. The van der Waals surface area contributed by atoms with E-state index >= 15 is 0 Å². The largest absolute Gasteiger partial charge is 0.375 e. The number of ether oxygens (including phenoxy) is 1. The van der Waals surface area contributed by atoms with Crippen LogP contribution in [0.2, 0.25) is 10.0 Å². The topological polar surface area (TPSA) is 97.6 Å². The van der Waals surface area contributed by atoms with Crippen LogP contribution in [0.4, 0.5) is 0 Å². The van der Waals surface area contributed by atoms with Gasteiger partial charge in [0.25, 0.3) is 0 Å². The van der Waals surface area contributed by atoms with Crippen molar-refractivity contribution in [3.8, 4) is 11.4 Å². The molecule has 2 aromatic carbocycles. The minimum Gasteiger partial charge on any atom is -0.375 e. The summed E-state index contributed by atoms with van der Waals surface area (Å²) in [5.74, 6) is 0.205. The van der Waals surface area contributed by atoms with E-state index in [4.69, 9.17) is 32.5 Å². The molecule has 0 unspecified atom stereocenters. The van der Waals surface area contributed by atoms with E-state index in [0.29, 0.717) is 35.2 Å². The SMILES string of the molecule is CCN(CC)CCCS(=O)(=O)N[C@H](COCc1ccccc1)c1nc(-c2c(Cl)cccc2Cl)no1. The van der Waals surface area contributed by atoms with Gasteiger partial charge >= 0.3 is 0 Å². The zero-order valence-electron chi connectivity index (χ0n) is 19.8. The van der Waals surface area contributed by atoms with Crippen LogP contribution in [0.3, 0.4) is 0 Å². The standard InChI is InChI=1S/C24H30Cl2N4O4S/c1-3-30(4-2)14-9-15-35(31,32)29-21(17-33-16-18-10-6-5-7-11-18)24-27-23(28-34-24)22-19(25)12-8-13-20(22)26/h5-8,10-13,21,29H,3-4,9,14-17H2,1-2H3/t21-/m1/s1. The first kappa shape index (κ1) is 27.6. The number of benzene rings is 2. The quantitative estimate of drug-likeness (QED) is 0.308. The van der Waals surface area contributed by atoms with E-state index in [-0.39, 0.29) is 24.1 Å². The third kappa shape index (κ3) is 8.27. The van der Waals surface area contributed by atoms with Crippen molar-refractivity contribution in [3.05, 3.63) is 70.0 Å². The number of hydrogen-bond donors (Lipinski definition) is 1. The smallest absolute Gasteiger partial charge is 0.247 e. The maximum absolute atomic E-state index is 12.9. The maximum Gasteiger partial charge on any atom is 0.247 e. The molecule has 0 aliphatic heterocycles. The minimum atomic E-state index is -3.64. The molecule has 0 spiro atoms. The van der Waals surface area contributed by atoms with Crippen LogP contribution >= 0.6 is 23.2 Å². The molecule has 190 valence electrons. The predicted octanol–water partition coefficient (Wildman–Crippen LogP) is 4.95. The van der Waals surface area contributed by atoms with Gasteiger partial charge in [0.2, 0.25) is 21.7 Å². The Morgan fingerprint density at radius 1 is 1.06 bits per heavy atom. The molecule has 35 heavy (non-hydrogen) atoms. The Labute approximate surface area is 216 Å². The van der Waals surface area contributed by atoms with E-state index in [1.165, 1.54) is 0 Å². The second-order valence-electron chi connectivity index (χ2n) is 7.92. The molecular formula is C24H30Cl2N4O4S. The summed E-state index contributed by atoms with van der Waals surface area (Å²) in [6.07, 6.45) is 0.499. The molecule has 3 rings (SSSR count). The van der Waals surface area contributed by atoms with Crippen molar-refractivity contribution < 1.29 is 17.7 Å². The molecule has 0 aliphatic carbocycles. The molecule has 1 heterocycles. The minimum absolute atomic E-state index is 0.00204. The lowest BCUT2D eigenvalue weighted by Gasteiger charge is -2.19. The van der Waals surface area contributed by atoms with Crippen LogP contribution in [-0.4, -0.2) is 55.5 Å². The van der Waals surface area contributed by atoms with Gasteiger partial charge in [0.15, 0.2) is 0 Å². The summed E-state index contributed by atoms with van der Waals surface area (Å²) in [5, 5.41) is 4.70. The number of nitrogens with one attached hydrogen (secondary N) is 1. The number of aromatic nitrogens is 2. The molecule has 0 saturated heterocycles. The number of hydrogen-bond acceptors (Lipinski definition) is 7.